The largest absolute Gasteiger partial charge is 0.356 e. The zero-order chi connectivity index (χ0) is 21.3. The second-order valence-corrected chi connectivity index (χ2v) is 7.40. The first-order valence-electron chi connectivity index (χ1n) is 9.52. The van der Waals surface area contributed by atoms with Crippen molar-refractivity contribution in [1.29, 1.82) is 0 Å². The highest BCUT2D eigenvalue weighted by molar-refractivity contribution is 5.80. The van der Waals surface area contributed by atoms with Crippen molar-refractivity contribution in [3.05, 3.63) is 71.3 Å². The Hall–Kier alpha value is -2.96. The summed E-state index contributed by atoms with van der Waals surface area (Å²) in [5.74, 6) is -0.108. The van der Waals surface area contributed by atoms with Gasteiger partial charge in [-0.3, -0.25) is 9.79 Å². The van der Waals surface area contributed by atoms with Crippen molar-refractivity contribution in [3.8, 4) is 0 Å². The van der Waals surface area contributed by atoms with Crippen LogP contribution in [0.5, 0.6) is 0 Å². The summed E-state index contributed by atoms with van der Waals surface area (Å²) >= 11 is 0. The predicted molar refractivity (Wildman–Crippen MR) is 112 cm³/mol. The molecule has 3 N–H and O–H groups in total. The molecule has 0 aliphatic heterocycles. The molecule has 0 spiro atoms. The van der Waals surface area contributed by atoms with Crippen LogP contribution in [0.15, 0.2) is 53.5 Å². The van der Waals surface area contributed by atoms with Crippen LogP contribution in [0.25, 0.3) is 0 Å². The Bertz CT molecular complexity index is 835. The summed E-state index contributed by atoms with van der Waals surface area (Å²) in [6, 6.07) is 12.4. The Morgan fingerprint density at radius 3 is 2.31 bits per heavy atom. The van der Waals surface area contributed by atoms with Gasteiger partial charge >= 0.3 is 0 Å². The highest BCUT2D eigenvalue weighted by Crippen LogP contribution is 2.22. The number of nitrogens with one attached hydrogen (secondary N) is 3. The summed E-state index contributed by atoms with van der Waals surface area (Å²) in [5, 5.41) is 9.17. The third kappa shape index (κ3) is 7.52. The summed E-state index contributed by atoms with van der Waals surface area (Å²) in [6.07, 6.45) is 0.203. The van der Waals surface area contributed by atoms with Gasteiger partial charge in [0.2, 0.25) is 5.91 Å². The maximum atomic E-state index is 13.5. The van der Waals surface area contributed by atoms with Crippen molar-refractivity contribution in [1.82, 2.24) is 16.0 Å². The van der Waals surface area contributed by atoms with Crippen LogP contribution in [-0.2, 0) is 16.6 Å². The van der Waals surface area contributed by atoms with E-state index in [1.165, 1.54) is 24.3 Å². The molecule has 0 aliphatic carbocycles. The lowest BCUT2D eigenvalue weighted by molar-refractivity contribution is -0.120. The Morgan fingerprint density at radius 2 is 1.66 bits per heavy atom. The summed E-state index contributed by atoms with van der Waals surface area (Å²) in [7, 11) is 1.66. The number of nitrogens with zero attached hydrogens (tertiary/aromatic N) is 1. The summed E-state index contributed by atoms with van der Waals surface area (Å²) in [6.45, 7) is 5.53. The molecule has 0 aliphatic rings. The number of hydrogen-bond donors (Lipinski definition) is 3. The van der Waals surface area contributed by atoms with Gasteiger partial charge in [0.05, 0.1) is 6.42 Å². The van der Waals surface area contributed by atoms with Gasteiger partial charge in [0.25, 0.3) is 0 Å². The normalized spacial score (nSPS) is 11.8. The maximum Gasteiger partial charge on any atom is 0.224 e. The van der Waals surface area contributed by atoms with Crippen LogP contribution in [0.1, 0.15) is 25.0 Å². The van der Waals surface area contributed by atoms with Crippen LogP contribution in [0.3, 0.4) is 0 Å². The minimum atomic E-state index is -0.321. The molecule has 1 amide bonds. The van der Waals surface area contributed by atoms with Gasteiger partial charge in [0, 0.05) is 32.1 Å². The van der Waals surface area contributed by atoms with Gasteiger partial charge in [-0.1, -0.05) is 38.1 Å². The Balaban J connectivity index is 1.72. The van der Waals surface area contributed by atoms with Crippen molar-refractivity contribution < 1.29 is 13.6 Å². The van der Waals surface area contributed by atoms with Crippen molar-refractivity contribution in [2.75, 3.05) is 26.7 Å². The van der Waals surface area contributed by atoms with E-state index in [1.54, 1.807) is 25.2 Å². The predicted octanol–water partition coefficient (Wildman–Crippen LogP) is 2.77. The lowest BCUT2D eigenvalue weighted by atomic mass is 9.84. The summed E-state index contributed by atoms with van der Waals surface area (Å²) in [5.41, 5.74) is 1.37. The molecule has 0 saturated carbocycles. The van der Waals surface area contributed by atoms with E-state index >= 15 is 0 Å². The maximum absolute atomic E-state index is 13.5. The third-order valence-electron chi connectivity index (χ3n) is 4.55. The zero-order valence-corrected chi connectivity index (χ0v) is 17.1. The summed E-state index contributed by atoms with van der Waals surface area (Å²) in [4.78, 5) is 16.1. The van der Waals surface area contributed by atoms with Crippen molar-refractivity contribution in [2.24, 2.45) is 4.99 Å². The Morgan fingerprint density at radius 1 is 0.966 bits per heavy atom. The molecule has 0 radical (unpaired) electrons. The van der Waals surface area contributed by atoms with Gasteiger partial charge in [-0.2, -0.15) is 0 Å². The average Bonchev–Trinajstić information content (AvgIpc) is 2.69. The van der Waals surface area contributed by atoms with E-state index in [-0.39, 0.29) is 29.4 Å². The number of guanidine groups is 1. The molecule has 29 heavy (non-hydrogen) atoms. The van der Waals surface area contributed by atoms with Crippen LogP contribution in [0.4, 0.5) is 8.78 Å². The number of rotatable bonds is 8. The second-order valence-electron chi connectivity index (χ2n) is 7.40. The number of benzene rings is 2. The number of carbonyl (C=O) groups excluding carboxylic acids is 1. The molecule has 0 unspecified atom stereocenters. The van der Waals surface area contributed by atoms with E-state index in [2.05, 4.69) is 20.9 Å². The van der Waals surface area contributed by atoms with Gasteiger partial charge < -0.3 is 16.0 Å². The number of carbonyl (C=O) groups is 1. The molecule has 5 nitrogen and oxygen atoms in total. The molecule has 0 fully saturated rings. The molecular weight excluding hydrogens is 374 g/mol. The number of aliphatic imine (C=N–C) groups is 1. The Labute approximate surface area is 170 Å². The van der Waals surface area contributed by atoms with E-state index in [1.807, 2.05) is 19.9 Å². The molecule has 0 heterocycles. The lowest BCUT2D eigenvalue weighted by Crippen LogP contribution is -2.45. The van der Waals surface area contributed by atoms with Gasteiger partial charge in [0.15, 0.2) is 5.96 Å². The molecule has 2 aromatic rings. The van der Waals surface area contributed by atoms with Gasteiger partial charge in [0.1, 0.15) is 11.6 Å². The SMILES string of the molecule is CN=C(NCCNC(=O)Cc1ccc(F)cc1)NCC(C)(C)c1cccc(F)c1. The third-order valence-corrected chi connectivity index (χ3v) is 4.55. The van der Waals surface area contributed by atoms with Crippen molar-refractivity contribution >= 4 is 11.9 Å². The van der Waals surface area contributed by atoms with Crippen LogP contribution in [-0.4, -0.2) is 38.5 Å². The molecular formula is C22H28F2N4O. The van der Waals surface area contributed by atoms with Gasteiger partial charge in [-0.25, -0.2) is 8.78 Å². The lowest BCUT2D eigenvalue weighted by Gasteiger charge is -2.27. The van der Waals surface area contributed by atoms with Crippen LogP contribution in [0.2, 0.25) is 0 Å². The molecule has 0 atom stereocenters. The van der Waals surface area contributed by atoms with Gasteiger partial charge in [-0.15, -0.1) is 0 Å². The first-order valence-corrected chi connectivity index (χ1v) is 9.52. The second kappa shape index (κ2) is 10.5. The smallest absolute Gasteiger partial charge is 0.224 e. The standard InChI is InChI=1S/C22H28F2N4O/c1-22(2,17-5-4-6-19(24)14-17)15-28-21(25-3)27-12-11-26-20(29)13-16-7-9-18(23)10-8-16/h4-10,14H,11-13,15H2,1-3H3,(H,26,29)(H2,25,27,28). The molecule has 2 rings (SSSR count). The van der Waals surface area contributed by atoms with Crippen LogP contribution < -0.4 is 16.0 Å². The minimum Gasteiger partial charge on any atom is -0.356 e. The van der Waals surface area contributed by atoms with E-state index < -0.39 is 0 Å². The zero-order valence-electron chi connectivity index (χ0n) is 17.1. The molecule has 7 heteroatoms. The van der Waals surface area contributed by atoms with Gasteiger partial charge in [-0.05, 0) is 35.4 Å². The fraction of sp³-hybridized carbons (Fsp3) is 0.364. The number of amides is 1. The average molecular weight is 402 g/mol. The topological polar surface area (TPSA) is 65.5 Å². The Kier molecular flexibility index (Phi) is 8.12. The van der Waals surface area contributed by atoms with E-state index in [9.17, 15) is 13.6 Å². The number of hydrogen-bond acceptors (Lipinski definition) is 2. The molecule has 2 aromatic carbocycles. The van der Waals surface area contributed by atoms with E-state index in [4.69, 9.17) is 0 Å². The fourth-order valence-electron chi connectivity index (χ4n) is 2.77. The molecule has 0 bridgehead atoms. The highest BCUT2D eigenvalue weighted by atomic mass is 19.1. The first kappa shape index (κ1) is 22.3. The quantitative estimate of drug-likeness (QED) is 0.361. The van der Waals surface area contributed by atoms with Crippen molar-refractivity contribution in [3.63, 3.8) is 0 Å². The van der Waals surface area contributed by atoms with Crippen LogP contribution >= 0.6 is 0 Å². The van der Waals surface area contributed by atoms with Crippen LogP contribution in [0, 0.1) is 11.6 Å². The monoisotopic (exact) mass is 402 g/mol. The molecule has 0 aromatic heterocycles. The minimum absolute atomic E-state index is 0.131. The molecule has 156 valence electrons. The first-order chi connectivity index (χ1) is 13.8. The fourth-order valence-corrected chi connectivity index (χ4v) is 2.77. The van der Waals surface area contributed by atoms with E-state index in [0.29, 0.717) is 25.6 Å². The van der Waals surface area contributed by atoms with Crippen molar-refractivity contribution in [2.45, 2.75) is 25.7 Å². The number of halogens is 2. The van der Waals surface area contributed by atoms with E-state index in [0.717, 1.165) is 11.1 Å². The summed E-state index contributed by atoms with van der Waals surface area (Å²) < 4.78 is 26.4. The highest BCUT2D eigenvalue weighted by Gasteiger charge is 2.21. The molecule has 0 saturated heterocycles.